The number of anilines is 1. The largest absolute Gasteiger partial charge is 0.444 e. The lowest BCUT2D eigenvalue weighted by atomic mass is 9.96. The molecule has 0 spiro atoms. The van der Waals surface area contributed by atoms with Crippen molar-refractivity contribution in [3.63, 3.8) is 0 Å². The number of aromatic amines is 1. The van der Waals surface area contributed by atoms with Gasteiger partial charge in [-0.3, -0.25) is 9.59 Å². The summed E-state index contributed by atoms with van der Waals surface area (Å²) in [5.41, 5.74) is 6.33. The number of hydrogen-bond donors (Lipinski definition) is 3. The van der Waals surface area contributed by atoms with Crippen molar-refractivity contribution < 1.29 is 19.1 Å². The van der Waals surface area contributed by atoms with Crippen molar-refractivity contribution in [2.75, 3.05) is 18.4 Å². The Morgan fingerprint density at radius 2 is 1.83 bits per heavy atom. The molecule has 2 aromatic carbocycles. The monoisotopic (exact) mass is 487 g/mol. The van der Waals surface area contributed by atoms with Crippen molar-refractivity contribution in [3.05, 3.63) is 53.6 Å². The molecule has 0 bridgehead atoms. The molecule has 0 radical (unpaired) electrons. The summed E-state index contributed by atoms with van der Waals surface area (Å²) in [6.07, 6.45) is 2.37. The number of nitrogens with zero attached hydrogens (tertiary/aromatic N) is 2. The van der Waals surface area contributed by atoms with Crippen LogP contribution in [-0.4, -0.2) is 52.7 Å². The van der Waals surface area contributed by atoms with E-state index >= 15 is 0 Å². The predicted octanol–water partition coefficient (Wildman–Crippen LogP) is 4.50. The van der Waals surface area contributed by atoms with Crippen LogP contribution in [0.25, 0.3) is 22.2 Å². The van der Waals surface area contributed by atoms with Crippen LogP contribution in [0.15, 0.2) is 47.6 Å². The minimum Gasteiger partial charge on any atom is -0.444 e. The van der Waals surface area contributed by atoms with Gasteiger partial charge in [-0.15, -0.1) is 0 Å². The number of rotatable bonds is 3. The number of carbonyl (C=O) groups is 3. The Bertz CT molecular complexity index is 1360. The molecule has 9 nitrogen and oxygen atoms in total. The summed E-state index contributed by atoms with van der Waals surface area (Å²) in [5, 5.41) is 7.82. The molecule has 1 fully saturated rings. The summed E-state index contributed by atoms with van der Waals surface area (Å²) in [7, 11) is 0. The zero-order valence-corrected chi connectivity index (χ0v) is 20.6. The van der Waals surface area contributed by atoms with Crippen LogP contribution in [0.5, 0.6) is 0 Å². The maximum atomic E-state index is 13.1. The first-order valence-corrected chi connectivity index (χ1v) is 12.1. The van der Waals surface area contributed by atoms with Gasteiger partial charge in [-0.05, 0) is 51.3 Å². The lowest BCUT2D eigenvalue weighted by Gasteiger charge is -2.32. The van der Waals surface area contributed by atoms with Gasteiger partial charge in [0.2, 0.25) is 5.91 Å². The van der Waals surface area contributed by atoms with Crippen molar-refractivity contribution in [1.29, 1.82) is 0 Å². The Hall–Kier alpha value is -4.14. The van der Waals surface area contributed by atoms with Crippen LogP contribution >= 0.6 is 0 Å². The number of likely N-dealkylation sites (tertiary alicyclic amines) is 1. The maximum Gasteiger partial charge on any atom is 0.410 e. The zero-order chi connectivity index (χ0) is 25.4. The minimum absolute atomic E-state index is 0.134. The van der Waals surface area contributed by atoms with Gasteiger partial charge < -0.3 is 19.9 Å². The van der Waals surface area contributed by atoms with Crippen molar-refractivity contribution in [2.24, 2.45) is 11.0 Å². The molecule has 2 aliphatic rings. The van der Waals surface area contributed by atoms with Crippen LogP contribution in [0.4, 0.5) is 10.5 Å². The Morgan fingerprint density at radius 1 is 1.11 bits per heavy atom. The van der Waals surface area contributed by atoms with Crippen molar-refractivity contribution >= 4 is 40.7 Å². The lowest BCUT2D eigenvalue weighted by Crippen LogP contribution is -2.43. The van der Waals surface area contributed by atoms with Gasteiger partial charge >= 0.3 is 6.09 Å². The molecule has 36 heavy (non-hydrogen) atoms. The number of piperidine rings is 1. The quantitative estimate of drug-likeness (QED) is 0.504. The van der Waals surface area contributed by atoms with Gasteiger partial charge in [0.1, 0.15) is 5.60 Å². The number of carbonyl (C=O) groups excluding carboxylic acids is 3. The summed E-state index contributed by atoms with van der Waals surface area (Å²) in [6, 6.07) is 13.3. The third kappa shape index (κ3) is 4.68. The molecule has 1 aromatic heterocycles. The zero-order valence-electron chi connectivity index (χ0n) is 20.6. The van der Waals surface area contributed by atoms with E-state index in [1.165, 1.54) is 0 Å². The summed E-state index contributed by atoms with van der Waals surface area (Å²) in [5.74, 6) is -0.712. The molecule has 0 unspecified atom stereocenters. The fraction of sp³-hybridized carbons (Fsp3) is 0.333. The van der Waals surface area contributed by atoms with E-state index in [9.17, 15) is 14.4 Å². The normalized spacial score (nSPS) is 16.0. The van der Waals surface area contributed by atoms with Crippen molar-refractivity contribution in [3.8, 4) is 11.3 Å². The number of nitrogens with one attached hydrogen (secondary N) is 3. The molecule has 5 rings (SSSR count). The van der Waals surface area contributed by atoms with Gasteiger partial charge in [0.05, 0.1) is 17.5 Å². The third-order valence-electron chi connectivity index (χ3n) is 6.39. The molecule has 3 heterocycles. The third-order valence-corrected chi connectivity index (χ3v) is 6.39. The van der Waals surface area contributed by atoms with Crippen LogP contribution < -0.4 is 10.7 Å². The number of benzene rings is 2. The first-order valence-electron chi connectivity index (χ1n) is 12.1. The average molecular weight is 488 g/mol. The highest BCUT2D eigenvalue weighted by Crippen LogP contribution is 2.34. The molecule has 2 aliphatic heterocycles. The SMILES string of the molecule is CC(C)(C)OC(=O)N1CCC(C(=O)Nc2cc3c4c(c(-c5ccccc5)[nH]c4c2)C=NNC3=O)CC1. The van der Waals surface area contributed by atoms with E-state index in [2.05, 4.69) is 20.8 Å². The van der Waals surface area contributed by atoms with Crippen LogP contribution in [0.2, 0.25) is 0 Å². The molecule has 0 atom stereocenters. The minimum atomic E-state index is -0.557. The Kier molecular flexibility index (Phi) is 5.99. The summed E-state index contributed by atoms with van der Waals surface area (Å²) < 4.78 is 5.44. The van der Waals surface area contributed by atoms with E-state index in [1.54, 1.807) is 17.2 Å². The summed E-state index contributed by atoms with van der Waals surface area (Å²) in [4.78, 5) is 43.2. The van der Waals surface area contributed by atoms with E-state index in [4.69, 9.17) is 4.74 Å². The lowest BCUT2D eigenvalue weighted by molar-refractivity contribution is -0.121. The standard InChI is InChI=1S/C27H29N5O4/c1-27(2,3)36-26(35)32-11-9-17(10-12-32)24(33)29-18-13-19-22-20(15-28-31-25(19)34)23(30-21(22)14-18)16-7-5-4-6-8-16/h4-8,13-15,17,30H,9-12H2,1-3H3,(H,29,33)(H,31,34). The van der Waals surface area contributed by atoms with Gasteiger partial charge in [-0.25, -0.2) is 10.2 Å². The van der Waals surface area contributed by atoms with E-state index in [1.807, 2.05) is 57.2 Å². The first kappa shape index (κ1) is 23.6. The average Bonchev–Trinajstić information content (AvgIpc) is 3.12. The number of H-pyrrole nitrogens is 1. The van der Waals surface area contributed by atoms with Crippen LogP contribution in [-0.2, 0) is 9.53 Å². The number of amides is 3. The molecule has 3 aromatic rings. The van der Waals surface area contributed by atoms with E-state index in [0.717, 1.165) is 27.7 Å². The van der Waals surface area contributed by atoms with Crippen LogP contribution in [0.3, 0.4) is 0 Å². The smallest absolute Gasteiger partial charge is 0.410 e. The number of ether oxygens (including phenoxy) is 1. The second-order valence-electron chi connectivity index (χ2n) is 10.2. The molecular formula is C27H29N5O4. The topological polar surface area (TPSA) is 116 Å². The van der Waals surface area contributed by atoms with E-state index in [-0.39, 0.29) is 23.8 Å². The molecule has 186 valence electrons. The second-order valence-corrected chi connectivity index (χ2v) is 10.2. The maximum absolute atomic E-state index is 13.1. The predicted molar refractivity (Wildman–Crippen MR) is 138 cm³/mol. The molecule has 0 saturated carbocycles. The molecule has 1 saturated heterocycles. The highest BCUT2D eigenvalue weighted by molar-refractivity contribution is 6.18. The summed E-state index contributed by atoms with van der Waals surface area (Å²) in [6.45, 7) is 6.41. The second kappa shape index (κ2) is 9.14. The Morgan fingerprint density at radius 3 is 2.53 bits per heavy atom. The highest BCUT2D eigenvalue weighted by atomic mass is 16.6. The molecule has 3 amide bonds. The van der Waals surface area contributed by atoms with Gasteiger partial charge in [0, 0.05) is 41.2 Å². The summed E-state index contributed by atoms with van der Waals surface area (Å²) >= 11 is 0. The molecule has 9 heteroatoms. The Labute approximate surface area is 208 Å². The number of aromatic nitrogens is 1. The van der Waals surface area contributed by atoms with Crippen molar-refractivity contribution in [2.45, 2.75) is 39.2 Å². The van der Waals surface area contributed by atoms with E-state index < -0.39 is 5.60 Å². The number of hydrogen-bond acceptors (Lipinski definition) is 5. The molecule has 3 N–H and O–H groups in total. The fourth-order valence-corrected chi connectivity index (χ4v) is 4.68. The molecule has 0 aliphatic carbocycles. The van der Waals surface area contributed by atoms with E-state index in [0.29, 0.717) is 37.2 Å². The van der Waals surface area contributed by atoms with Gasteiger partial charge in [0.15, 0.2) is 0 Å². The Balaban J connectivity index is 1.36. The fourth-order valence-electron chi connectivity index (χ4n) is 4.68. The van der Waals surface area contributed by atoms with Crippen LogP contribution in [0.1, 0.15) is 49.5 Å². The van der Waals surface area contributed by atoms with Crippen molar-refractivity contribution in [1.82, 2.24) is 15.3 Å². The van der Waals surface area contributed by atoms with Gasteiger partial charge in [-0.1, -0.05) is 30.3 Å². The highest BCUT2D eigenvalue weighted by Gasteiger charge is 2.30. The first-order chi connectivity index (χ1) is 17.2. The van der Waals surface area contributed by atoms with Gasteiger partial charge in [-0.2, -0.15) is 5.10 Å². The van der Waals surface area contributed by atoms with Crippen LogP contribution in [0, 0.1) is 5.92 Å². The number of hydrazone groups is 1. The van der Waals surface area contributed by atoms with Gasteiger partial charge in [0.25, 0.3) is 5.91 Å². The molecular weight excluding hydrogens is 458 g/mol.